The van der Waals surface area contributed by atoms with Crippen LogP contribution in [-0.2, 0) is 9.59 Å². The highest BCUT2D eigenvalue weighted by atomic mass is 16.2. The molecule has 0 unspecified atom stereocenters. The molecule has 1 heterocycles. The molecule has 0 aromatic carbocycles. The minimum absolute atomic E-state index is 0.0126. The Kier molecular flexibility index (Phi) is 3.51. The van der Waals surface area contributed by atoms with Crippen LogP contribution in [0.4, 0.5) is 0 Å². The van der Waals surface area contributed by atoms with Crippen molar-refractivity contribution in [1.29, 1.82) is 0 Å². The quantitative estimate of drug-likeness (QED) is 0.807. The molecule has 3 fully saturated rings. The van der Waals surface area contributed by atoms with Crippen LogP contribution < -0.4 is 5.32 Å². The van der Waals surface area contributed by atoms with Gasteiger partial charge in [0.1, 0.15) is 5.54 Å². The molecule has 1 saturated heterocycles. The van der Waals surface area contributed by atoms with Crippen molar-refractivity contribution in [2.24, 2.45) is 17.8 Å². The maximum absolute atomic E-state index is 12.8. The largest absolute Gasteiger partial charge is 0.340 e. The number of nitrogens with zero attached hydrogens (tertiary/aromatic N) is 1. The van der Waals surface area contributed by atoms with E-state index in [4.69, 9.17) is 0 Å². The number of carbonyl (C=O) groups excluding carboxylic acids is 2. The fraction of sp³-hybridized carbons (Fsp3) is 0.875. The number of piperazine rings is 1. The smallest absolute Gasteiger partial charge is 0.248 e. The third kappa shape index (κ3) is 2.45. The summed E-state index contributed by atoms with van der Waals surface area (Å²) in [7, 11) is 0. The number of carbonyl (C=O) groups is 2. The zero-order valence-corrected chi connectivity index (χ0v) is 12.7. The lowest BCUT2D eigenvalue weighted by Gasteiger charge is -2.42. The summed E-state index contributed by atoms with van der Waals surface area (Å²) in [6.07, 6.45) is 6.65. The lowest BCUT2D eigenvalue weighted by Crippen LogP contribution is -2.66. The Bertz CT molecular complexity index is 397. The summed E-state index contributed by atoms with van der Waals surface area (Å²) in [5, 5.41) is 2.94. The van der Waals surface area contributed by atoms with Gasteiger partial charge in [0.25, 0.3) is 0 Å². The van der Waals surface area contributed by atoms with Crippen molar-refractivity contribution in [3.8, 4) is 0 Å². The van der Waals surface area contributed by atoms with Crippen LogP contribution >= 0.6 is 0 Å². The Balaban J connectivity index is 1.73. The summed E-state index contributed by atoms with van der Waals surface area (Å²) >= 11 is 0. The number of nitrogens with one attached hydrogen (secondary N) is 1. The molecule has 2 amide bonds. The Morgan fingerprint density at radius 2 is 1.70 bits per heavy atom. The molecule has 1 aliphatic heterocycles. The van der Waals surface area contributed by atoms with E-state index in [2.05, 4.69) is 5.32 Å². The standard InChI is InChI=1S/C16H26N2O2/c1-3-16(4-2)15(20)18(10-14(19)17-16)9-13(11-5-6-11)12-7-8-12/h11-13H,3-10H2,1-2H3,(H,17,19). The molecule has 0 spiro atoms. The summed E-state index contributed by atoms with van der Waals surface area (Å²) in [4.78, 5) is 26.6. The highest BCUT2D eigenvalue weighted by molar-refractivity contribution is 5.97. The van der Waals surface area contributed by atoms with Gasteiger partial charge in [0.05, 0.1) is 6.54 Å². The van der Waals surface area contributed by atoms with Crippen LogP contribution in [0, 0.1) is 17.8 Å². The van der Waals surface area contributed by atoms with Crippen molar-refractivity contribution >= 4 is 11.8 Å². The van der Waals surface area contributed by atoms with Crippen LogP contribution in [0.3, 0.4) is 0 Å². The zero-order chi connectivity index (χ0) is 14.3. The van der Waals surface area contributed by atoms with Gasteiger partial charge in [-0.05, 0) is 56.3 Å². The average Bonchev–Trinajstić information content (AvgIpc) is 3.30. The van der Waals surface area contributed by atoms with E-state index in [0.717, 1.165) is 18.4 Å². The minimum atomic E-state index is -0.646. The van der Waals surface area contributed by atoms with Gasteiger partial charge >= 0.3 is 0 Å². The topological polar surface area (TPSA) is 49.4 Å². The van der Waals surface area contributed by atoms with Crippen LogP contribution in [0.2, 0.25) is 0 Å². The summed E-state index contributed by atoms with van der Waals surface area (Å²) in [5.41, 5.74) is -0.646. The van der Waals surface area contributed by atoms with Crippen molar-refractivity contribution in [3.63, 3.8) is 0 Å². The summed E-state index contributed by atoms with van der Waals surface area (Å²) in [5.74, 6) is 2.44. The van der Waals surface area contributed by atoms with Crippen molar-refractivity contribution in [3.05, 3.63) is 0 Å². The van der Waals surface area contributed by atoms with Gasteiger partial charge in [-0.25, -0.2) is 0 Å². The molecule has 20 heavy (non-hydrogen) atoms. The van der Waals surface area contributed by atoms with E-state index < -0.39 is 5.54 Å². The normalized spacial score (nSPS) is 26.1. The lowest BCUT2D eigenvalue weighted by atomic mass is 9.87. The predicted octanol–water partition coefficient (Wildman–Crippen LogP) is 1.94. The number of hydrogen-bond donors (Lipinski definition) is 1. The third-order valence-corrected chi connectivity index (χ3v) is 5.50. The first kappa shape index (κ1) is 13.9. The van der Waals surface area contributed by atoms with Gasteiger partial charge in [0.2, 0.25) is 11.8 Å². The first-order chi connectivity index (χ1) is 9.59. The highest BCUT2D eigenvalue weighted by Gasteiger charge is 2.47. The maximum atomic E-state index is 12.8. The van der Waals surface area contributed by atoms with Gasteiger partial charge in [-0.1, -0.05) is 13.8 Å². The second-order valence-corrected chi connectivity index (χ2v) is 6.86. The van der Waals surface area contributed by atoms with E-state index in [-0.39, 0.29) is 18.4 Å². The van der Waals surface area contributed by atoms with E-state index in [0.29, 0.717) is 18.8 Å². The first-order valence-corrected chi connectivity index (χ1v) is 8.20. The molecule has 0 bridgehead atoms. The Morgan fingerprint density at radius 3 is 2.15 bits per heavy atom. The van der Waals surface area contributed by atoms with Gasteiger partial charge in [0, 0.05) is 6.54 Å². The van der Waals surface area contributed by atoms with E-state index >= 15 is 0 Å². The van der Waals surface area contributed by atoms with E-state index in [1.807, 2.05) is 18.7 Å². The van der Waals surface area contributed by atoms with E-state index in [9.17, 15) is 9.59 Å². The summed E-state index contributed by atoms with van der Waals surface area (Å²) in [6.45, 7) is 5.05. The molecule has 2 saturated carbocycles. The van der Waals surface area contributed by atoms with Crippen LogP contribution in [0.5, 0.6) is 0 Å². The van der Waals surface area contributed by atoms with Crippen LogP contribution in [-0.4, -0.2) is 35.3 Å². The molecule has 0 aromatic heterocycles. The molecule has 3 aliphatic rings. The van der Waals surface area contributed by atoms with Crippen molar-refractivity contribution in [2.75, 3.05) is 13.1 Å². The molecule has 3 rings (SSSR count). The highest BCUT2D eigenvalue weighted by Crippen LogP contribution is 2.49. The molecule has 0 atom stereocenters. The van der Waals surface area contributed by atoms with Gasteiger partial charge < -0.3 is 10.2 Å². The van der Waals surface area contributed by atoms with Crippen LogP contribution in [0.15, 0.2) is 0 Å². The predicted molar refractivity (Wildman–Crippen MR) is 77.0 cm³/mol. The van der Waals surface area contributed by atoms with Crippen molar-refractivity contribution in [1.82, 2.24) is 10.2 Å². The maximum Gasteiger partial charge on any atom is 0.248 e. The second-order valence-electron chi connectivity index (χ2n) is 6.86. The first-order valence-electron chi connectivity index (χ1n) is 8.20. The Labute approximate surface area is 121 Å². The van der Waals surface area contributed by atoms with Gasteiger partial charge in [-0.3, -0.25) is 9.59 Å². The van der Waals surface area contributed by atoms with E-state index in [1.165, 1.54) is 25.7 Å². The number of rotatable bonds is 6. The minimum Gasteiger partial charge on any atom is -0.340 e. The van der Waals surface area contributed by atoms with Crippen LogP contribution in [0.1, 0.15) is 52.4 Å². The zero-order valence-electron chi connectivity index (χ0n) is 12.7. The fourth-order valence-corrected chi connectivity index (χ4v) is 3.77. The Morgan fingerprint density at radius 1 is 1.15 bits per heavy atom. The van der Waals surface area contributed by atoms with Crippen molar-refractivity contribution in [2.45, 2.75) is 57.9 Å². The molecule has 0 aromatic rings. The number of hydrogen-bond acceptors (Lipinski definition) is 2. The van der Waals surface area contributed by atoms with Crippen molar-refractivity contribution < 1.29 is 9.59 Å². The average molecular weight is 278 g/mol. The lowest BCUT2D eigenvalue weighted by molar-refractivity contribution is -0.151. The SMILES string of the molecule is CCC1(CC)NC(=O)CN(CC(C2CC2)C2CC2)C1=O. The molecule has 4 heteroatoms. The molecular formula is C16H26N2O2. The third-order valence-electron chi connectivity index (χ3n) is 5.50. The molecule has 1 N–H and O–H groups in total. The fourth-order valence-electron chi connectivity index (χ4n) is 3.77. The molecule has 2 aliphatic carbocycles. The summed E-state index contributed by atoms with van der Waals surface area (Å²) < 4.78 is 0. The van der Waals surface area contributed by atoms with Gasteiger partial charge in [-0.15, -0.1) is 0 Å². The summed E-state index contributed by atoms with van der Waals surface area (Å²) in [6, 6.07) is 0. The van der Waals surface area contributed by atoms with Gasteiger partial charge in [-0.2, -0.15) is 0 Å². The number of amides is 2. The molecule has 4 nitrogen and oxygen atoms in total. The van der Waals surface area contributed by atoms with E-state index in [1.54, 1.807) is 0 Å². The van der Waals surface area contributed by atoms with Crippen LogP contribution in [0.25, 0.3) is 0 Å². The second kappa shape index (κ2) is 5.05. The van der Waals surface area contributed by atoms with Gasteiger partial charge in [0.15, 0.2) is 0 Å². The molecular weight excluding hydrogens is 252 g/mol. The molecule has 112 valence electrons. The monoisotopic (exact) mass is 278 g/mol. The Hall–Kier alpha value is -1.06. The molecule has 0 radical (unpaired) electrons.